The highest BCUT2D eigenvalue weighted by Crippen LogP contribution is 2.32. The molecule has 0 aliphatic rings. The Bertz CT molecular complexity index is 1350. The van der Waals surface area contributed by atoms with E-state index < -0.39 is 11.9 Å². The fourth-order valence-corrected chi connectivity index (χ4v) is 3.46. The quantitative estimate of drug-likeness (QED) is 0.406. The number of pyridine rings is 1. The number of anilines is 2. The predicted octanol–water partition coefficient (Wildman–Crippen LogP) is 4.11. The van der Waals surface area contributed by atoms with Gasteiger partial charge in [-0.25, -0.2) is 9.59 Å². The zero-order chi connectivity index (χ0) is 22.0. The summed E-state index contributed by atoms with van der Waals surface area (Å²) in [4.78, 5) is 42.5. The number of fused-ring (bicyclic) bond motifs is 3. The first-order valence-electron chi connectivity index (χ1n) is 9.90. The van der Waals surface area contributed by atoms with E-state index in [0.717, 1.165) is 0 Å². The summed E-state index contributed by atoms with van der Waals surface area (Å²) in [5.41, 5.74) is 2.87. The van der Waals surface area contributed by atoms with Gasteiger partial charge in [0.15, 0.2) is 0 Å². The molecule has 0 aliphatic heterocycles. The van der Waals surface area contributed by atoms with E-state index >= 15 is 0 Å². The molecule has 0 unspecified atom stereocenters. The van der Waals surface area contributed by atoms with Crippen LogP contribution in [0.15, 0.2) is 53.5 Å². The lowest BCUT2D eigenvalue weighted by Gasteiger charge is -2.10. The van der Waals surface area contributed by atoms with Crippen LogP contribution in [0, 0.1) is 0 Å². The van der Waals surface area contributed by atoms with Gasteiger partial charge < -0.3 is 24.8 Å². The van der Waals surface area contributed by atoms with Gasteiger partial charge in [0, 0.05) is 28.2 Å². The summed E-state index contributed by atoms with van der Waals surface area (Å²) in [5, 5.41) is 4.58. The third kappa shape index (κ3) is 3.87. The van der Waals surface area contributed by atoms with E-state index in [0.29, 0.717) is 44.3 Å². The molecule has 2 aromatic carbocycles. The van der Waals surface area contributed by atoms with Gasteiger partial charge in [0.2, 0.25) is 0 Å². The minimum absolute atomic E-state index is 0.272. The molecule has 0 fully saturated rings. The first kappa shape index (κ1) is 20.2. The lowest BCUT2D eigenvalue weighted by Crippen LogP contribution is -2.07. The molecule has 0 atom stereocenters. The number of H-pyrrole nitrogens is 2. The SMILES string of the molecule is CCOC(=O)c1cccc(Nc2c[nH]c(=O)c3[nH]c4ccc(C(=O)OCC)cc4c23)c1. The average molecular weight is 419 g/mol. The van der Waals surface area contributed by atoms with Crippen LogP contribution >= 0.6 is 0 Å². The van der Waals surface area contributed by atoms with Gasteiger partial charge in [-0.15, -0.1) is 0 Å². The monoisotopic (exact) mass is 419 g/mol. The lowest BCUT2D eigenvalue weighted by atomic mass is 10.1. The zero-order valence-corrected chi connectivity index (χ0v) is 17.1. The Morgan fingerprint density at radius 2 is 1.68 bits per heavy atom. The number of ether oxygens (including phenoxy) is 2. The molecule has 4 aromatic rings. The van der Waals surface area contributed by atoms with Crippen LogP contribution in [0.3, 0.4) is 0 Å². The summed E-state index contributed by atoms with van der Waals surface area (Å²) in [6.07, 6.45) is 1.56. The van der Waals surface area contributed by atoms with E-state index in [4.69, 9.17) is 9.47 Å². The molecule has 158 valence electrons. The number of esters is 2. The number of nitrogens with one attached hydrogen (secondary N) is 3. The molecule has 31 heavy (non-hydrogen) atoms. The van der Waals surface area contributed by atoms with Gasteiger partial charge >= 0.3 is 11.9 Å². The van der Waals surface area contributed by atoms with Gasteiger partial charge in [0.05, 0.1) is 30.0 Å². The van der Waals surface area contributed by atoms with Crippen molar-refractivity contribution in [3.63, 3.8) is 0 Å². The smallest absolute Gasteiger partial charge is 0.338 e. The van der Waals surface area contributed by atoms with E-state index in [2.05, 4.69) is 15.3 Å². The highest BCUT2D eigenvalue weighted by Gasteiger charge is 2.16. The number of rotatable bonds is 6. The minimum Gasteiger partial charge on any atom is -0.462 e. The average Bonchev–Trinajstić information content (AvgIpc) is 3.16. The Morgan fingerprint density at radius 1 is 0.968 bits per heavy atom. The Labute approximate surface area is 177 Å². The Morgan fingerprint density at radius 3 is 2.39 bits per heavy atom. The van der Waals surface area contributed by atoms with Crippen LogP contribution in [0.25, 0.3) is 21.8 Å². The fraction of sp³-hybridized carbons (Fsp3) is 0.174. The molecule has 0 radical (unpaired) electrons. The predicted molar refractivity (Wildman–Crippen MR) is 118 cm³/mol. The minimum atomic E-state index is -0.430. The molecular formula is C23H21N3O5. The summed E-state index contributed by atoms with van der Waals surface area (Å²) < 4.78 is 10.2. The van der Waals surface area contributed by atoms with Crippen LogP contribution in [0.2, 0.25) is 0 Å². The van der Waals surface area contributed by atoms with E-state index in [9.17, 15) is 14.4 Å². The van der Waals surface area contributed by atoms with Gasteiger partial charge in [-0.05, 0) is 50.2 Å². The highest BCUT2D eigenvalue weighted by molar-refractivity contribution is 6.14. The van der Waals surface area contributed by atoms with E-state index in [1.54, 1.807) is 62.5 Å². The van der Waals surface area contributed by atoms with Crippen molar-refractivity contribution in [2.24, 2.45) is 0 Å². The van der Waals surface area contributed by atoms with Gasteiger partial charge in [-0.3, -0.25) is 4.79 Å². The fourth-order valence-electron chi connectivity index (χ4n) is 3.46. The molecule has 0 amide bonds. The van der Waals surface area contributed by atoms with E-state index in [-0.39, 0.29) is 18.8 Å². The van der Waals surface area contributed by atoms with Crippen LogP contribution in [0.4, 0.5) is 11.4 Å². The van der Waals surface area contributed by atoms with Crippen molar-refractivity contribution in [1.29, 1.82) is 0 Å². The second-order valence-corrected chi connectivity index (χ2v) is 6.81. The maximum atomic E-state index is 12.4. The molecule has 0 saturated heterocycles. The molecule has 2 heterocycles. The Balaban J connectivity index is 1.82. The maximum Gasteiger partial charge on any atom is 0.338 e. The highest BCUT2D eigenvalue weighted by atomic mass is 16.5. The van der Waals surface area contributed by atoms with Gasteiger partial charge in [0.25, 0.3) is 5.56 Å². The number of aromatic nitrogens is 2. The number of carbonyl (C=O) groups excluding carboxylic acids is 2. The normalized spacial score (nSPS) is 10.9. The third-order valence-corrected chi connectivity index (χ3v) is 4.81. The summed E-state index contributed by atoms with van der Waals surface area (Å²) in [6, 6.07) is 12.0. The molecule has 0 bridgehead atoms. The van der Waals surface area contributed by atoms with Crippen LogP contribution in [-0.2, 0) is 9.47 Å². The number of benzene rings is 2. The second kappa shape index (κ2) is 8.35. The third-order valence-electron chi connectivity index (χ3n) is 4.81. The lowest BCUT2D eigenvalue weighted by molar-refractivity contribution is 0.0517. The number of hydrogen-bond acceptors (Lipinski definition) is 6. The summed E-state index contributed by atoms with van der Waals surface area (Å²) in [5.74, 6) is -0.843. The van der Waals surface area contributed by atoms with Gasteiger partial charge in [-0.1, -0.05) is 6.07 Å². The Hall–Kier alpha value is -4.07. The Kier molecular flexibility index (Phi) is 5.44. The standard InChI is InChI=1S/C23H21N3O5/c1-3-30-22(28)13-6-5-7-15(10-13)25-18-12-24-21(27)20-19(18)16-11-14(23(29)31-4-2)8-9-17(16)26-20/h5-12,25-26H,3-4H2,1-2H3,(H,24,27). The summed E-state index contributed by atoms with van der Waals surface area (Å²) in [7, 11) is 0. The largest absolute Gasteiger partial charge is 0.462 e. The van der Waals surface area contributed by atoms with Crippen molar-refractivity contribution in [3.05, 3.63) is 70.1 Å². The molecule has 0 aliphatic carbocycles. The van der Waals surface area contributed by atoms with Crippen molar-refractivity contribution in [2.45, 2.75) is 13.8 Å². The topological polar surface area (TPSA) is 113 Å². The van der Waals surface area contributed by atoms with E-state index in [1.165, 1.54) is 0 Å². The molecule has 0 saturated carbocycles. The van der Waals surface area contributed by atoms with Gasteiger partial charge in [0.1, 0.15) is 5.52 Å². The second-order valence-electron chi connectivity index (χ2n) is 6.81. The van der Waals surface area contributed by atoms with Crippen LogP contribution in [0.5, 0.6) is 0 Å². The van der Waals surface area contributed by atoms with Crippen LogP contribution in [-0.4, -0.2) is 35.1 Å². The maximum absolute atomic E-state index is 12.4. The molecule has 8 heteroatoms. The number of carbonyl (C=O) groups is 2. The van der Waals surface area contributed by atoms with Crippen molar-refractivity contribution in [2.75, 3.05) is 18.5 Å². The molecule has 8 nitrogen and oxygen atoms in total. The van der Waals surface area contributed by atoms with Crippen LogP contribution in [0.1, 0.15) is 34.6 Å². The molecule has 4 rings (SSSR count). The van der Waals surface area contributed by atoms with Crippen molar-refractivity contribution < 1.29 is 19.1 Å². The van der Waals surface area contributed by atoms with E-state index in [1.807, 2.05) is 0 Å². The van der Waals surface area contributed by atoms with Crippen molar-refractivity contribution in [1.82, 2.24) is 9.97 Å². The van der Waals surface area contributed by atoms with Crippen molar-refractivity contribution in [3.8, 4) is 0 Å². The zero-order valence-electron chi connectivity index (χ0n) is 17.1. The van der Waals surface area contributed by atoms with Crippen molar-refractivity contribution >= 4 is 45.1 Å². The molecule has 3 N–H and O–H groups in total. The first-order valence-corrected chi connectivity index (χ1v) is 9.90. The first-order chi connectivity index (χ1) is 15.0. The molecular weight excluding hydrogens is 398 g/mol. The summed E-state index contributed by atoms with van der Waals surface area (Å²) >= 11 is 0. The summed E-state index contributed by atoms with van der Waals surface area (Å²) in [6.45, 7) is 4.05. The number of hydrogen-bond donors (Lipinski definition) is 3. The number of aromatic amines is 2. The molecule has 0 spiro atoms. The van der Waals surface area contributed by atoms with Gasteiger partial charge in [-0.2, -0.15) is 0 Å². The molecule has 2 aromatic heterocycles. The van der Waals surface area contributed by atoms with Crippen LogP contribution < -0.4 is 10.9 Å².